The molecule has 0 aromatic carbocycles. The summed E-state index contributed by atoms with van der Waals surface area (Å²) in [6, 6.07) is 0. The summed E-state index contributed by atoms with van der Waals surface area (Å²) in [7, 11) is 0. The van der Waals surface area contributed by atoms with E-state index < -0.39 is 40.9 Å². The third-order valence-corrected chi connectivity index (χ3v) is 7.19. The fraction of sp³-hybridized carbons (Fsp3) is 0.667. The van der Waals surface area contributed by atoms with Crippen LogP contribution in [0.2, 0.25) is 0 Å². The molecule has 0 saturated heterocycles. The summed E-state index contributed by atoms with van der Waals surface area (Å²) in [5.41, 5.74) is -0.195. The van der Waals surface area contributed by atoms with Crippen molar-refractivity contribution >= 4 is 23.5 Å². The van der Waals surface area contributed by atoms with Gasteiger partial charge < -0.3 is 14.6 Å². The lowest BCUT2D eigenvalue weighted by atomic mass is 9.48. The van der Waals surface area contributed by atoms with Gasteiger partial charge in [0.1, 0.15) is 0 Å². The van der Waals surface area contributed by atoms with E-state index in [1.807, 2.05) is 6.92 Å². The molecule has 0 aliphatic heterocycles. The fourth-order valence-corrected chi connectivity index (χ4v) is 6.21. The van der Waals surface area contributed by atoms with Gasteiger partial charge in [-0.2, -0.15) is 0 Å². The number of hydrogen-bond donors (Lipinski definition) is 1. The number of carbonyl (C=O) groups excluding carboxylic acids is 4. The van der Waals surface area contributed by atoms with Crippen molar-refractivity contribution in [2.75, 3.05) is 6.61 Å². The molecule has 1 N–H and O–H groups in total. The Morgan fingerprint density at radius 1 is 1.10 bits per heavy atom. The summed E-state index contributed by atoms with van der Waals surface area (Å²) in [5.74, 6) is -3.19. The third kappa shape index (κ3) is 3.88. The molecule has 0 aromatic heterocycles. The fourth-order valence-electron chi connectivity index (χ4n) is 6.21. The maximum absolute atomic E-state index is 13.7. The number of aliphatic hydroxyl groups is 1. The van der Waals surface area contributed by atoms with Crippen LogP contribution in [0.25, 0.3) is 0 Å². The molecule has 1 saturated carbocycles. The minimum atomic E-state index is -0.754. The first-order valence-electron chi connectivity index (χ1n) is 10.9. The molecular weight excluding hydrogens is 400 g/mol. The Balaban J connectivity index is 2.14. The van der Waals surface area contributed by atoms with E-state index in [1.54, 1.807) is 6.92 Å². The number of ether oxygens (including phenoxy) is 2. The average molecular weight is 433 g/mol. The second kappa shape index (κ2) is 8.01. The number of allylic oxidation sites excluding steroid dienone is 1. The van der Waals surface area contributed by atoms with Crippen LogP contribution in [-0.2, 0) is 28.7 Å². The summed E-state index contributed by atoms with van der Waals surface area (Å²) in [4.78, 5) is 50.4. The highest BCUT2D eigenvalue weighted by atomic mass is 16.5. The minimum absolute atomic E-state index is 0.0320. The number of esters is 2. The molecule has 0 unspecified atom stereocenters. The smallest absolute Gasteiger partial charge is 0.308 e. The number of aliphatic hydroxyl groups excluding tert-OH is 1. The number of fused-ring (bicyclic) bond motifs is 2. The topological polar surface area (TPSA) is 107 Å². The van der Waals surface area contributed by atoms with Crippen molar-refractivity contribution in [2.24, 2.45) is 22.7 Å². The van der Waals surface area contributed by atoms with E-state index in [2.05, 4.69) is 13.8 Å². The van der Waals surface area contributed by atoms with Gasteiger partial charge in [0.25, 0.3) is 0 Å². The lowest BCUT2D eigenvalue weighted by Crippen LogP contribution is -2.55. The molecule has 0 spiro atoms. The Morgan fingerprint density at radius 2 is 1.74 bits per heavy atom. The first kappa shape index (κ1) is 23.4. The van der Waals surface area contributed by atoms with Crippen molar-refractivity contribution in [3.05, 3.63) is 22.5 Å². The third-order valence-electron chi connectivity index (χ3n) is 7.19. The van der Waals surface area contributed by atoms with Gasteiger partial charge in [-0.05, 0) is 24.2 Å². The Bertz CT molecular complexity index is 907. The van der Waals surface area contributed by atoms with E-state index in [0.29, 0.717) is 17.6 Å². The van der Waals surface area contributed by atoms with Crippen LogP contribution >= 0.6 is 0 Å². The van der Waals surface area contributed by atoms with Crippen LogP contribution in [-0.4, -0.2) is 41.3 Å². The molecule has 31 heavy (non-hydrogen) atoms. The Morgan fingerprint density at radius 3 is 2.32 bits per heavy atom. The summed E-state index contributed by atoms with van der Waals surface area (Å²) >= 11 is 0. The lowest BCUT2D eigenvalue weighted by Gasteiger charge is -2.56. The lowest BCUT2D eigenvalue weighted by molar-refractivity contribution is -0.143. The number of Topliss-reactive ketones (excluding diaryl/α,β-unsaturated/α-hetero) is 2. The van der Waals surface area contributed by atoms with Crippen LogP contribution in [0.3, 0.4) is 0 Å². The summed E-state index contributed by atoms with van der Waals surface area (Å²) in [6.45, 7) is 10.1. The van der Waals surface area contributed by atoms with Gasteiger partial charge in [-0.15, -0.1) is 0 Å². The molecule has 0 aromatic rings. The molecule has 3 aliphatic rings. The molecule has 7 heteroatoms. The van der Waals surface area contributed by atoms with Crippen molar-refractivity contribution in [3.8, 4) is 0 Å². The second-order valence-electron chi connectivity index (χ2n) is 10.1. The summed E-state index contributed by atoms with van der Waals surface area (Å²) < 4.78 is 10.3. The molecular formula is C24H32O7. The zero-order chi connectivity index (χ0) is 23.3. The molecule has 170 valence electrons. The molecule has 3 aliphatic carbocycles. The normalized spacial score (nSPS) is 31.1. The first-order valence-corrected chi connectivity index (χ1v) is 10.9. The van der Waals surface area contributed by atoms with Gasteiger partial charge >= 0.3 is 11.9 Å². The van der Waals surface area contributed by atoms with Gasteiger partial charge in [0.15, 0.2) is 11.5 Å². The van der Waals surface area contributed by atoms with Crippen LogP contribution in [0, 0.1) is 22.7 Å². The van der Waals surface area contributed by atoms with Crippen LogP contribution in [0.15, 0.2) is 22.5 Å². The Labute approximate surface area is 182 Å². The quantitative estimate of drug-likeness (QED) is 0.537. The molecule has 0 amide bonds. The first-order chi connectivity index (χ1) is 14.3. The van der Waals surface area contributed by atoms with E-state index in [4.69, 9.17) is 9.47 Å². The monoisotopic (exact) mass is 432 g/mol. The molecule has 4 atom stereocenters. The van der Waals surface area contributed by atoms with Gasteiger partial charge in [-0.25, -0.2) is 0 Å². The Kier molecular flexibility index (Phi) is 6.04. The standard InChI is InChI=1S/C24H32O7/c1-12(11-30-13(2)25)17-19(28)15-10-16(27)22-23(4,5)8-7-9-24(22,6)18(15)20(29)21(17)31-14(3)26/h12,16,22,27H,7-11H2,1-6H3/t12-,16-,22+,24-/m1/s1. The van der Waals surface area contributed by atoms with E-state index in [1.165, 1.54) is 13.8 Å². The van der Waals surface area contributed by atoms with Crippen molar-refractivity contribution in [3.63, 3.8) is 0 Å². The maximum atomic E-state index is 13.7. The predicted octanol–water partition coefficient (Wildman–Crippen LogP) is 3.05. The molecule has 3 rings (SSSR count). The highest BCUT2D eigenvalue weighted by Crippen LogP contribution is 2.61. The number of carbonyl (C=O) groups is 4. The molecule has 0 heterocycles. The van der Waals surface area contributed by atoms with E-state index in [-0.39, 0.29) is 35.7 Å². The van der Waals surface area contributed by atoms with Gasteiger partial charge in [0, 0.05) is 42.7 Å². The maximum Gasteiger partial charge on any atom is 0.308 e. The van der Waals surface area contributed by atoms with Crippen molar-refractivity contribution < 1.29 is 33.8 Å². The van der Waals surface area contributed by atoms with Crippen LogP contribution in [0.4, 0.5) is 0 Å². The van der Waals surface area contributed by atoms with Crippen LogP contribution in [0.5, 0.6) is 0 Å². The van der Waals surface area contributed by atoms with Crippen molar-refractivity contribution in [1.82, 2.24) is 0 Å². The molecule has 0 radical (unpaired) electrons. The summed E-state index contributed by atoms with van der Waals surface area (Å²) in [6.07, 6.45) is 1.79. The second-order valence-corrected chi connectivity index (χ2v) is 10.1. The minimum Gasteiger partial charge on any atom is -0.465 e. The van der Waals surface area contributed by atoms with Gasteiger partial charge in [-0.1, -0.05) is 34.1 Å². The Hall–Kier alpha value is -2.28. The number of hydrogen-bond acceptors (Lipinski definition) is 7. The number of ketones is 2. The van der Waals surface area contributed by atoms with E-state index in [0.717, 1.165) is 12.8 Å². The zero-order valence-corrected chi connectivity index (χ0v) is 19.2. The predicted molar refractivity (Wildman–Crippen MR) is 111 cm³/mol. The largest absolute Gasteiger partial charge is 0.465 e. The van der Waals surface area contributed by atoms with Crippen molar-refractivity contribution in [1.29, 1.82) is 0 Å². The van der Waals surface area contributed by atoms with Gasteiger partial charge in [-0.3, -0.25) is 19.2 Å². The van der Waals surface area contributed by atoms with Crippen LogP contribution in [0.1, 0.15) is 67.2 Å². The highest BCUT2D eigenvalue weighted by molar-refractivity contribution is 6.25. The number of rotatable bonds is 4. The van der Waals surface area contributed by atoms with Gasteiger partial charge in [0.05, 0.1) is 18.3 Å². The SMILES string of the molecule is CC(=O)OC[C@@H](C)C1=C(OC(C)=O)C(=O)C2=C(C[C@@H](O)[C@H]3C(C)(C)CCC[C@]23C)C1=O. The molecule has 0 bridgehead atoms. The average Bonchev–Trinajstić information content (AvgIpc) is 2.62. The molecule has 1 fully saturated rings. The highest BCUT2D eigenvalue weighted by Gasteiger charge is 2.59. The van der Waals surface area contributed by atoms with E-state index in [9.17, 15) is 24.3 Å². The van der Waals surface area contributed by atoms with E-state index >= 15 is 0 Å². The van der Waals surface area contributed by atoms with Crippen LogP contribution < -0.4 is 0 Å². The van der Waals surface area contributed by atoms with Gasteiger partial charge in [0.2, 0.25) is 5.78 Å². The van der Waals surface area contributed by atoms with Crippen molar-refractivity contribution in [2.45, 2.75) is 73.3 Å². The summed E-state index contributed by atoms with van der Waals surface area (Å²) in [5, 5.41) is 11.1. The molecule has 7 nitrogen and oxygen atoms in total. The zero-order valence-electron chi connectivity index (χ0n) is 19.2.